The molecule has 1 aliphatic heterocycles. The van der Waals surface area contributed by atoms with Gasteiger partial charge in [-0.25, -0.2) is 4.98 Å². The van der Waals surface area contributed by atoms with Crippen LogP contribution in [0.2, 0.25) is 0 Å². The lowest BCUT2D eigenvalue weighted by Crippen LogP contribution is -2.45. The minimum absolute atomic E-state index is 0.0347. The van der Waals surface area contributed by atoms with Crippen LogP contribution in [0.5, 0.6) is 0 Å². The second kappa shape index (κ2) is 7.20. The van der Waals surface area contributed by atoms with Crippen LogP contribution >= 0.6 is 0 Å². The Labute approximate surface area is 143 Å². The van der Waals surface area contributed by atoms with E-state index in [2.05, 4.69) is 10.3 Å². The van der Waals surface area contributed by atoms with Crippen molar-refractivity contribution in [2.45, 2.75) is 25.7 Å². The van der Waals surface area contributed by atoms with Crippen molar-refractivity contribution < 1.29 is 9.59 Å². The van der Waals surface area contributed by atoms with Gasteiger partial charge in [-0.2, -0.15) is 0 Å². The molecule has 0 aromatic carbocycles. The Balaban J connectivity index is 1.58. The van der Waals surface area contributed by atoms with Crippen LogP contribution in [0.3, 0.4) is 0 Å². The lowest BCUT2D eigenvalue weighted by molar-refractivity contribution is -0.126. The molecule has 1 aliphatic carbocycles. The predicted octanol–water partition coefficient (Wildman–Crippen LogP) is 1.53. The molecule has 0 radical (unpaired) electrons. The second-order valence-corrected chi connectivity index (χ2v) is 7.08. The molecule has 2 heterocycles. The molecule has 1 atom stereocenters. The number of hydrogen-bond acceptors (Lipinski definition) is 4. The van der Waals surface area contributed by atoms with Crippen molar-refractivity contribution in [2.75, 3.05) is 38.6 Å². The van der Waals surface area contributed by atoms with Gasteiger partial charge in [0.1, 0.15) is 5.82 Å². The van der Waals surface area contributed by atoms with Crippen LogP contribution in [-0.2, 0) is 4.79 Å². The van der Waals surface area contributed by atoms with Crippen LogP contribution in [0.1, 0.15) is 36.0 Å². The normalized spacial score (nSPS) is 20.6. The maximum absolute atomic E-state index is 12.7. The molecule has 1 saturated carbocycles. The number of pyridine rings is 1. The first-order valence-electron chi connectivity index (χ1n) is 8.75. The average Bonchev–Trinajstić information content (AvgIpc) is 3.43. The van der Waals surface area contributed by atoms with E-state index in [9.17, 15) is 9.59 Å². The molecule has 2 amide bonds. The van der Waals surface area contributed by atoms with E-state index in [1.807, 2.05) is 25.1 Å². The lowest BCUT2D eigenvalue weighted by atomic mass is 9.96. The molecule has 0 spiro atoms. The number of aromatic nitrogens is 1. The smallest absolute Gasteiger partial charge is 0.255 e. The number of nitrogens with zero attached hydrogens (tertiary/aromatic N) is 3. The van der Waals surface area contributed by atoms with E-state index < -0.39 is 0 Å². The minimum Gasteiger partial charge on any atom is -0.363 e. The SMILES string of the molecule is CN(C)c1ccc(C(=O)N2CCC[C@@H](C(=O)NCC3CC3)C2)cn1. The highest BCUT2D eigenvalue weighted by molar-refractivity contribution is 5.94. The summed E-state index contributed by atoms with van der Waals surface area (Å²) in [5.41, 5.74) is 0.583. The fourth-order valence-corrected chi connectivity index (χ4v) is 3.05. The molecule has 0 unspecified atom stereocenters. The summed E-state index contributed by atoms with van der Waals surface area (Å²) in [4.78, 5) is 32.9. The van der Waals surface area contributed by atoms with Gasteiger partial charge in [0.15, 0.2) is 0 Å². The third kappa shape index (κ3) is 4.04. The first kappa shape index (κ1) is 16.7. The summed E-state index contributed by atoms with van der Waals surface area (Å²) in [6.45, 7) is 2.00. The van der Waals surface area contributed by atoms with Crippen molar-refractivity contribution in [1.29, 1.82) is 0 Å². The summed E-state index contributed by atoms with van der Waals surface area (Å²) in [7, 11) is 3.83. The summed E-state index contributed by atoms with van der Waals surface area (Å²) in [5.74, 6) is 1.47. The van der Waals surface area contributed by atoms with E-state index in [0.717, 1.165) is 25.2 Å². The van der Waals surface area contributed by atoms with Gasteiger partial charge in [-0.05, 0) is 43.7 Å². The van der Waals surface area contributed by atoms with E-state index >= 15 is 0 Å². The number of carbonyl (C=O) groups excluding carboxylic acids is 2. The zero-order valence-electron chi connectivity index (χ0n) is 14.5. The van der Waals surface area contributed by atoms with Crippen molar-refractivity contribution >= 4 is 17.6 Å². The quantitative estimate of drug-likeness (QED) is 0.889. The number of likely N-dealkylation sites (tertiary alicyclic amines) is 1. The van der Waals surface area contributed by atoms with Gasteiger partial charge in [0.05, 0.1) is 11.5 Å². The van der Waals surface area contributed by atoms with Gasteiger partial charge in [-0.15, -0.1) is 0 Å². The molecule has 6 nitrogen and oxygen atoms in total. The van der Waals surface area contributed by atoms with Crippen molar-refractivity contribution in [1.82, 2.24) is 15.2 Å². The molecule has 2 aliphatic rings. The lowest BCUT2D eigenvalue weighted by Gasteiger charge is -2.32. The van der Waals surface area contributed by atoms with Crippen molar-refractivity contribution in [3.05, 3.63) is 23.9 Å². The number of amides is 2. The summed E-state index contributed by atoms with van der Waals surface area (Å²) in [6, 6.07) is 3.65. The van der Waals surface area contributed by atoms with Gasteiger partial charge in [0, 0.05) is 39.9 Å². The van der Waals surface area contributed by atoms with Gasteiger partial charge in [0.2, 0.25) is 5.91 Å². The largest absolute Gasteiger partial charge is 0.363 e. The molecule has 1 N–H and O–H groups in total. The van der Waals surface area contributed by atoms with Crippen molar-refractivity contribution in [3.8, 4) is 0 Å². The minimum atomic E-state index is -0.0875. The Kier molecular flexibility index (Phi) is 5.02. The highest BCUT2D eigenvalue weighted by atomic mass is 16.2. The number of piperidine rings is 1. The molecule has 2 fully saturated rings. The molecule has 1 aromatic heterocycles. The van der Waals surface area contributed by atoms with Gasteiger partial charge in [-0.3, -0.25) is 9.59 Å². The molecule has 3 rings (SSSR count). The Hall–Kier alpha value is -2.11. The fraction of sp³-hybridized carbons (Fsp3) is 0.611. The van der Waals surface area contributed by atoms with Gasteiger partial charge in [-0.1, -0.05) is 0 Å². The standard InChI is InChI=1S/C18H26N4O2/c1-21(2)16-8-7-14(11-19-16)18(24)22-9-3-4-15(12-22)17(23)20-10-13-5-6-13/h7-8,11,13,15H,3-6,9-10,12H2,1-2H3,(H,20,23)/t15-/m1/s1. The number of carbonyl (C=O) groups is 2. The Morgan fingerprint density at radius 1 is 1.29 bits per heavy atom. The molecule has 6 heteroatoms. The number of rotatable bonds is 5. The number of nitrogens with one attached hydrogen (secondary N) is 1. The van der Waals surface area contributed by atoms with Crippen molar-refractivity contribution in [2.24, 2.45) is 11.8 Å². The van der Waals surface area contributed by atoms with Gasteiger partial charge in [0.25, 0.3) is 5.91 Å². The predicted molar refractivity (Wildman–Crippen MR) is 92.9 cm³/mol. The summed E-state index contributed by atoms with van der Waals surface area (Å²) in [5, 5.41) is 3.04. The number of hydrogen-bond donors (Lipinski definition) is 1. The maximum atomic E-state index is 12.7. The Morgan fingerprint density at radius 2 is 2.08 bits per heavy atom. The van der Waals surface area contributed by atoms with Crippen LogP contribution < -0.4 is 10.2 Å². The summed E-state index contributed by atoms with van der Waals surface area (Å²) in [6.07, 6.45) is 5.81. The molecular formula is C18H26N4O2. The first-order chi connectivity index (χ1) is 11.5. The Bertz CT molecular complexity index is 596. The van der Waals surface area contributed by atoms with E-state index in [0.29, 0.717) is 24.6 Å². The van der Waals surface area contributed by atoms with E-state index in [1.54, 1.807) is 17.2 Å². The van der Waals surface area contributed by atoms with Gasteiger partial charge >= 0.3 is 0 Å². The maximum Gasteiger partial charge on any atom is 0.255 e. The van der Waals surface area contributed by atoms with E-state index in [-0.39, 0.29) is 17.7 Å². The third-order valence-electron chi connectivity index (χ3n) is 4.79. The van der Waals surface area contributed by atoms with Crippen LogP contribution in [0.4, 0.5) is 5.82 Å². The van der Waals surface area contributed by atoms with Crippen LogP contribution in [-0.4, -0.2) is 55.4 Å². The van der Waals surface area contributed by atoms with Crippen LogP contribution in [0, 0.1) is 11.8 Å². The molecule has 1 saturated heterocycles. The van der Waals surface area contributed by atoms with E-state index in [4.69, 9.17) is 0 Å². The average molecular weight is 330 g/mol. The number of anilines is 1. The van der Waals surface area contributed by atoms with Crippen LogP contribution in [0.15, 0.2) is 18.3 Å². The zero-order chi connectivity index (χ0) is 17.1. The highest BCUT2D eigenvalue weighted by Crippen LogP contribution is 2.28. The molecule has 130 valence electrons. The third-order valence-corrected chi connectivity index (χ3v) is 4.79. The summed E-state index contributed by atoms with van der Waals surface area (Å²) < 4.78 is 0. The van der Waals surface area contributed by atoms with Crippen LogP contribution in [0.25, 0.3) is 0 Å². The molecule has 1 aromatic rings. The molecular weight excluding hydrogens is 304 g/mol. The molecule has 0 bridgehead atoms. The Morgan fingerprint density at radius 3 is 2.71 bits per heavy atom. The first-order valence-corrected chi connectivity index (χ1v) is 8.75. The highest BCUT2D eigenvalue weighted by Gasteiger charge is 2.30. The van der Waals surface area contributed by atoms with Crippen molar-refractivity contribution in [3.63, 3.8) is 0 Å². The van der Waals surface area contributed by atoms with E-state index in [1.165, 1.54) is 12.8 Å². The monoisotopic (exact) mass is 330 g/mol. The summed E-state index contributed by atoms with van der Waals surface area (Å²) >= 11 is 0. The zero-order valence-corrected chi connectivity index (χ0v) is 14.5. The van der Waals surface area contributed by atoms with Gasteiger partial charge < -0.3 is 15.1 Å². The molecule has 24 heavy (non-hydrogen) atoms. The fourth-order valence-electron chi connectivity index (χ4n) is 3.05. The second-order valence-electron chi connectivity index (χ2n) is 7.08. The topological polar surface area (TPSA) is 65.5 Å².